The average Bonchev–Trinajstić information content (AvgIpc) is 2.73. The number of carbonyl (C=O) groups is 2. The van der Waals surface area contributed by atoms with Crippen molar-refractivity contribution < 1.29 is 14.3 Å². The van der Waals surface area contributed by atoms with Crippen molar-refractivity contribution in [3.05, 3.63) is 28.7 Å². The Morgan fingerprint density at radius 2 is 2.25 bits per heavy atom. The molecular weight excluding hydrogens is 258 g/mol. The molecule has 0 unspecified atom stereocenters. The van der Waals surface area contributed by atoms with Crippen LogP contribution < -0.4 is 0 Å². The molecule has 20 heavy (non-hydrogen) atoms. The van der Waals surface area contributed by atoms with E-state index in [1.807, 2.05) is 26.0 Å². The predicted molar refractivity (Wildman–Crippen MR) is 76.1 cm³/mol. The van der Waals surface area contributed by atoms with Crippen LogP contribution in [0.3, 0.4) is 0 Å². The second kappa shape index (κ2) is 8.40. The highest BCUT2D eigenvalue weighted by atomic mass is 16.5. The number of ether oxygens (including phenoxy) is 1. The Labute approximate surface area is 119 Å². The van der Waals surface area contributed by atoms with E-state index < -0.39 is 6.04 Å². The summed E-state index contributed by atoms with van der Waals surface area (Å²) in [7, 11) is 0. The molecule has 110 valence electrons. The monoisotopic (exact) mass is 279 g/mol. The highest BCUT2D eigenvalue weighted by molar-refractivity contribution is 5.98. The fraction of sp³-hybridized carbons (Fsp3) is 0.600. The molecule has 0 saturated heterocycles. The van der Waals surface area contributed by atoms with Gasteiger partial charge in [0.25, 0.3) is 0 Å². The third-order valence-electron chi connectivity index (χ3n) is 2.90. The minimum absolute atomic E-state index is 0.000221. The first-order chi connectivity index (χ1) is 9.52. The fourth-order valence-corrected chi connectivity index (χ4v) is 1.97. The lowest BCUT2D eigenvalue weighted by Gasteiger charge is -2.06. The molecule has 1 rings (SSSR count). The van der Waals surface area contributed by atoms with Gasteiger partial charge >= 0.3 is 5.97 Å². The van der Waals surface area contributed by atoms with E-state index in [-0.39, 0.29) is 24.3 Å². The summed E-state index contributed by atoms with van der Waals surface area (Å²) in [4.78, 5) is 33.1. The van der Waals surface area contributed by atoms with E-state index in [0.29, 0.717) is 18.4 Å². The molecule has 5 nitrogen and oxygen atoms in total. The van der Waals surface area contributed by atoms with Crippen LogP contribution in [0.2, 0.25) is 0 Å². The van der Waals surface area contributed by atoms with Gasteiger partial charge in [-0.2, -0.15) is 4.91 Å². The van der Waals surface area contributed by atoms with Crippen molar-refractivity contribution in [1.82, 2.24) is 0 Å². The van der Waals surface area contributed by atoms with Crippen molar-refractivity contribution in [2.24, 2.45) is 5.18 Å². The minimum Gasteiger partial charge on any atom is -0.463 e. The van der Waals surface area contributed by atoms with Gasteiger partial charge in [-0.3, -0.25) is 9.59 Å². The van der Waals surface area contributed by atoms with Crippen LogP contribution in [0.4, 0.5) is 0 Å². The first-order valence-electron chi connectivity index (χ1n) is 6.93. The summed E-state index contributed by atoms with van der Waals surface area (Å²) in [5.74, 6) is -0.179. The number of nitrogens with zero attached hydrogens (tertiary/aromatic N) is 1. The number of Topliss-reactive ketones (excluding diaryl/α,β-unsaturated/α-hetero) is 1. The molecule has 0 aliphatic heterocycles. The Bertz CT molecular complexity index is 424. The number of nitroso groups, excluding NO2 is 1. The van der Waals surface area contributed by atoms with Gasteiger partial charge in [-0.15, -0.1) is 0 Å². The summed E-state index contributed by atoms with van der Waals surface area (Å²) >= 11 is 0. The summed E-state index contributed by atoms with van der Waals surface area (Å²) in [6, 6.07) is -0.489. The molecule has 0 amide bonds. The summed E-state index contributed by atoms with van der Waals surface area (Å²) in [5.41, 5.74) is 0.657. The molecule has 0 aromatic heterocycles. The molecular formula is C15H21NO4. The molecule has 5 heteroatoms. The number of carbonyl (C=O) groups excluding carboxylic acids is 2. The molecule has 1 atom stereocenters. The van der Waals surface area contributed by atoms with Crippen molar-refractivity contribution in [2.75, 3.05) is 0 Å². The van der Waals surface area contributed by atoms with Crippen LogP contribution in [0.1, 0.15) is 46.0 Å². The normalized spacial score (nSPS) is 18.6. The van der Waals surface area contributed by atoms with Crippen molar-refractivity contribution in [3.63, 3.8) is 0 Å². The largest absolute Gasteiger partial charge is 0.463 e. The van der Waals surface area contributed by atoms with E-state index in [4.69, 9.17) is 4.74 Å². The first kappa shape index (κ1) is 16.3. The Kier molecular flexibility index (Phi) is 6.84. The lowest BCUT2D eigenvalue weighted by atomic mass is 10.1. The van der Waals surface area contributed by atoms with E-state index in [0.717, 1.165) is 12.8 Å². The number of hydrogen-bond donors (Lipinski definition) is 0. The highest BCUT2D eigenvalue weighted by Gasteiger charge is 2.23. The molecule has 0 saturated carbocycles. The molecule has 0 heterocycles. The van der Waals surface area contributed by atoms with Gasteiger partial charge in [0.15, 0.2) is 5.78 Å². The Balaban J connectivity index is 2.18. The summed E-state index contributed by atoms with van der Waals surface area (Å²) < 4.78 is 5.02. The maximum absolute atomic E-state index is 11.5. The van der Waals surface area contributed by atoms with E-state index in [1.54, 1.807) is 6.08 Å². The van der Waals surface area contributed by atoms with Gasteiger partial charge in [0, 0.05) is 12.8 Å². The van der Waals surface area contributed by atoms with Gasteiger partial charge in [0.1, 0.15) is 6.04 Å². The molecule has 0 radical (unpaired) electrons. The van der Waals surface area contributed by atoms with E-state index in [2.05, 4.69) is 5.18 Å². The Morgan fingerprint density at radius 1 is 1.50 bits per heavy atom. The molecule has 0 N–H and O–H groups in total. The van der Waals surface area contributed by atoms with Crippen molar-refractivity contribution >= 4 is 11.8 Å². The molecule has 0 spiro atoms. The van der Waals surface area contributed by atoms with Gasteiger partial charge < -0.3 is 4.74 Å². The highest BCUT2D eigenvalue weighted by Crippen LogP contribution is 2.20. The standard InChI is InChI=1S/C15H21NO4/c1-11(2)20-15(18)8-6-4-3-5-7-12-9-13(16-19)10-14(12)17/h3,5,9,11,13H,4,6-8,10H2,1-2H3/b5-3-/t13-/m0/s1. The molecule has 1 aliphatic carbocycles. The predicted octanol–water partition coefficient (Wildman–Crippen LogP) is 3.09. The maximum Gasteiger partial charge on any atom is 0.306 e. The summed E-state index contributed by atoms with van der Waals surface area (Å²) in [6.45, 7) is 3.65. The third-order valence-corrected chi connectivity index (χ3v) is 2.90. The van der Waals surface area contributed by atoms with Gasteiger partial charge in [-0.25, -0.2) is 0 Å². The van der Waals surface area contributed by atoms with Crippen LogP contribution in [0, 0.1) is 4.91 Å². The summed E-state index contributed by atoms with van der Waals surface area (Å²) in [5, 5.41) is 2.87. The van der Waals surface area contributed by atoms with Gasteiger partial charge in [-0.1, -0.05) is 17.3 Å². The molecule has 0 bridgehead atoms. The number of ketones is 1. The quantitative estimate of drug-likeness (QED) is 0.296. The molecule has 0 aromatic carbocycles. The van der Waals surface area contributed by atoms with Crippen LogP contribution in [0.25, 0.3) is 0 Å². The summed E-state index contributed by atoms with van der Waals surface area (Å²) in [6.07, 6.45) is 8.04. The van der Waals surface area contributed by atoms with Gasteiger partial charge in [0.2, 0.25) is 0 Å². The van der Waals surface area contributed by atoms with E-state index in [1.165, 1.54) is 0 Å². The van der Waals surface area contributed by atoms with Crippen LogP contribution >= 0.6 is 0 Å². The van der Waals surface area contributed by atoms with Crippen LogP contribution in [-0.2, 0) is 14.3 Å². The number of unbranched alkanes of at least 4 members (excludes halogenated alkanes) is 1. The SMILES string of the molecule is CC(C)OC(=O)CCC/C=C\CC1=C[C@H](N=O)CC1=O. The van der Waals surface area contributed by atoms with E-state index >= 15 is 0 Å². The Hall–Kier alpha value is -1.78. The van der Waals surface area contributed by atoms with Crippen molar-refractivity contribution in [1.29, 1.82) is 0 Å². The maximum atomic E-state index is 11.5. The average molecular weight is 279 g/mol. The Morgan fingerprint density at radius 3 is 2.85 bits per heavy atom. The van der Waals surface area contributed by atoms with Crippen molar-refractivity contribution in [2.45, 2.75) is 58.1 Å². The minimum atomic E-state index is -0.489. The second-order valence-electron chi connectivity index (χ2n) is 5.10. The fourth-order valence-electron chi connectivity index (χ4n) is 1.97. The number of allylic oxidation sites excluding steroid dienone is 3. The number of hydrogen-bond acceptors (Lipinski definition) is 5. The first-order valence-corrected chi connectivity index (χ1v) is 6.93. The van der Waals surface area contributed by atoms with Crippen LogP contribution in [0.15, 0.2) is 29.0 Å². The van der Waals surface area contributed by atoms with Gasteiger partial charge in [0.05, 0.1) is 6.10 Å². The topological polar surface area (TPSA) is 72.8 Å². The van der Waals surface area contributed by atoms with Crippen LogP contribution in [-0.4, -0.2) is 23.9 Å². The zero-order chi connectivity index (χ0) is 15.0. The second-order valence-corrected chi connectivity index (χ2v) is 5.10. The smallest absolute Gasteiger partial charge is 0.306 e. The number of rotatable bonds is 8. The number of esters is 1. The van der Waals surface area contributed by atoms with E-state index in [9.17, 15) is 14.5 Å². The van der Waals surface area contributed by atoms with Gasteiger partial charge in [-0.05, 0) is 44.8 Å². The third kappa shape index (κ3) is 5.91. The zero-order valence-electron chi connectivity index (χ0n) is 12.0. The van der Waals surface area contributed by atoms with Crippen molar-refractivity contribution in [3.8, 4) is 0 Å². The molecule has 0 aromatic rings. The lowest BCUT2D eigenvalue weighted by molar-refractivity contribution is -0.147. The zero-order valence-corrected chi connectivity index (χ0v) is 12.0. The molecule has 0 fully saturated rings. The lowest BCUT2D eigenvalue weighted by Crippen LogP contribution is -2.10. The van der Waals surface area contributed by atoms with Crippen LogP contribution in [0.5, 0.6) is 0 Å². The molecule has 1 aliphatic rings.